The van der Waals surface area contributed by atoms with Crippen LogP contribution in [0.5, 0.6) is 0 Å². The van der Waals surface area contributed by atoms with Crippen molar-refractivity contribution in [2.24, 2.45) is 0 Å². The smallest absolute Gasteiger partial charge is 0.163 e. The summed E-state index contributed by atoms with van der Waals surface area (Å²) in [7, 11) is 0. The predicted octanol–water partition coefficient (Wildman–Crippen LogP) is 4.16. The zero-order valence-electron chi connectivity index (χ0n) is 11.1. The van der Waals surface area contributed by atoms with E-state index in [0.717, 1.165) is 15.9 Å². The quantitative estimate of drug-likeness (QED) is 0.732. The SMILES string of the molecule is Nc1cc(NCc2sccc2Br)nc(-c2ccccc2)n1. The molecule has 0 fully saturated rings. The second-order valence-electron chi connectivity index (χ2n) is 4.41. The normalized spacial score (nSPS) is 10.5. The van der Waals surface area contributed by atoms with Gasteiger partial charge in [-0.05, 0) is 27.4 Å². The van der Waals surface area contributed by atoms with Crippen molar-refractivity contribution in [3.8, 4) is 11.4 Å². The number of aromatic nitrogens is 2. The van der Waals surface area contributed by atoms with Crippen LogP contribution >= 0.6 is 27.3 Å². The molecule has 0 aliphatic carbocycles. The molecule has 0 amide bonds. The second kappa shape index (κ2) is 6.24. The van der Waals surface area contributed by atoms with Gasteiger partial charge in [0.1, 0.15) is 11.6 Å². The standard InChI is InChI=1S/C15H13BrN4S/c16-11-6-7-21-12(11)9-18-14-8-13(17)19-15(20-14)10-4-2-1-3-5-10/h1-8H,9H2,(H3,17,18,19,20). The van der Waals surface area contributed by atoms with Gasteiger partial charge in [0.05, 0.1) is 6.54 Å². The fourth-order valence-corrected chi connectivity index (χ4v) is 3.33. The Morgan fingerprint density at radius 1 is 1.14 bits per heavy atom. The first kappa shape index (κ1) is 14.0. The fourth-order valence-electron chi connectivity index (χ4n) is 1.89. The molecule has 0 unspecified atom stereocenters. The molecule has 3 rings (SSSR count). The molecule has 0 saturated carbocycles. The molecular formula is C15H13BrN4S. The van der Waals surface area contributed by atoms with Crippen molar-refractivity contribution >= 4 is 38.9 Å². The average Bonchev–Trinajstić information content (AvgIpc) is 2.91. The number of nitrogens with two attached hydrogens (primary N) is 1. The van der Waals surface area contributed by atoms with Crippen molar-refractivity contribution in [1.82, 2.24) is 9.97 Å². The molecule has 0 atom stereocenters. The van der Waals surface area contributed by atoms with Crippen LogP contribution < -0.4 is 11.1 Å². The Morgan fingerprint density at radius 3 is 2.67 bits per heavy atom. The van der Waals surface area contributed by atoms with Gasteiger partial charge >= 0.3 is 0 Å². The van der Waals surface area contributed by atoms with E-state index in [4.69, 9.17) is 5.73 Å². The van der Waals surface area contributed by atoms with Crippen LogP contribution in [0.4, 0.5) is 11.6 Å². The van der Waals surface area contributed by atoms with E-state index in [1.807, 2.05) is 41.8 Å². The molecule has 0 saturated heterocycles. The Hall–Kier alpha value is -1.92. The van der Waals surface area contributed by atoms with Crippen molar-refractivity contribution in [3.05, 3.63) is 57.2 Å². The summed E-state index contributed by atoms with van der Waals surface area (Å²) in [5.41, 5.74) is 6.83. The van der Waals surface area contributed by atoms with Crippen molar-refractivity contribution in [3.63, 3.8) is 0 Å². The Labute approximate surface area is 135 Å². The zero-order chi connectivity index (χ0) is 14.7. The van der Waals surface area contributed by atoms with Crippen LogP contribution in [-0.4, -0.2) is 9.97 Å². The number of nitrogen functional groups attached to an aromatic ring is 1. The minimum Gasteiger partial charge on any atom is -0.384 e. The molecule has 106 valence electrons. The lowest BCUT2D eigenvalue weighted by Crippen LogP contribution is -2.04. The number of benzene rings is 1. The molecule has 2 heterocycles. The molecule has 0 spiro atoms. The number of halogens is 1. The van der Waals surface area contributed by atoms with E-state index in [9.17, 15) is 0 Å². The Bertz CT molecular complexity index is 742. The highest BCUT2D eigenvalue weighted by Gasteiger charge is 2.06. The molecule has 4 nitrogen and oxygen atoms in total. The maximum atomic E-state index is 5.88. The third kappa shape index (κ3) is 3.40. The molecule has 1 aromatic carbocycles. The highest BCUT2D eigenvalue weighted by Crippen LogP contribution is 2.24. The van der Waals surface area contributed by atoms with Crippen LogP contribution in [0.25, 0.3) is 11.4 Å². The van der Waals surface area contributed by atoms with Crippen LogP contribution in [0.3, 0.4) is 0 Å². The third-order valence-electron chi connectivity index (χ3n) is 2.90. The molecule has 0 aliphatic rings. The van der Waals surface area contributed by atoms with Crippen molar-refractivity contribution in [2.45, 2.75) is 6.54 Å². The summed E-state index contributed by atoms with van der Waals surface area (Å²) in [5, 5.41) is 5.33. The number of thiophene rings is 1. The zero-order valence-corrected chi connectivity index (χ0v) is 13.5. The Kier molecular flexibility index (Phi) is 4.17. The van der Waals surface area contributed by atoms with E-state index in [2.05, 4.69) is 31.2 Å². The van der Waals surface area contributed by atoms with Crippen molar-refractivity contribution in [1.29, 1.82) is 0 Å². The van der Waals surface area contributed by atoms with Crippen LogP contribution in [0.15, 0.2) is 52.3 Å². The molecule has 3 aromatic rings. The first-order valence-corrected chi connectivity index (χ1v) is 8.05. The number of rotatable bonds is 4. The molecule has 0 radical (unpaired) electrons. The minimum absolute atomic E-state index is 0.455. The van der Waals surface area contributed by atoms with Gasteiger partial charge in [-0.25, -0.2) is 9.97 Å². The molecule has 6 heteroatoms. The van der Waals surface area contributed by atoms with E-state index >= 15 is 0 Å². The van der Waals surface area contributed by atoms with E-state index in [0.29, 0.717) is 18.2 Å². The summed E-state index contributed by atoms with van der Waals surface area (Å²) < 4.78 is 1.10. The Morgan fingerprint density at radius 2 is 1.95 bits per heavy atom. The van der Waals surface area contributed by atoms with Gasteiger partial charge < -0.3 is 11.1 Å². The number of hydrogen-bond donors (Lipinski definition) is 2. The summed E-state index contributed by atoms with van der Waals surface area (Å²) in [6.07, 6.45) is 0. The van der Waals surface area contributed by atoms with E-state index in [1.165, 1.54) is 4.88 Å². The van der Waals surface area contributed by atoms with Gasteiger partial charge in [0.25, 0.3) is 0 Å². The first-order valence-electron chi connectivity index (χ1n) is 6.38. The number of nitrogens with zero attached hydrogens (tertiary/aromatic N) is 2. The molecule has 0 bridgehead atoms. The monoisotopic (exact) mass is 360 g/mol. The van der Waals surface area contributed by atoms with Crippen LogP contribution in [0.1, 0.15) is 4.88 Å². The van der Waals surface area contributed by atoms with Gasteiger partial charge in [0.2, 0.25) is 0 Å². The van der Waals surface area contributed by atoms with Gasteiger partial charge in [-0.3, -0.25) is 0 Å². The first-order chi connectivity index (χ1) is 10.2. The number of hydrogen-bond acceptors (Lipinski definition) is 5. The van der Waals surface area contributed by atoms with Crippen LogP contribution in [0, 0.1) is 0 Å². The number of nitrogens with one attached hydrogen (secondary N) is 1. The topological polar surface area (TPSA) is 63.8 Å². The van der Waals surface area contributed by atoms with Gasteiger partial charge in [0.15, 0.2) is 5.82 Å². The second-order valence-corrected chi connectivity index (χ2v) is 6.27. The predicted molar refractivity (Wildman–Crippen MR) is 91.2 cm³/mol. The largest absolute Gasteiger partial charge is 0.384 e. The molecule has 21 heavy (non-hydrogen) atoms. The van der Waals surface area contributed by atoms with E-state index in [1.54, 1.807) is 17.4 Å². The Balaban J connectivity index is 1.83. The molecule has 3 N–H and O–H groups in total. The van der Waals surface area contributed by atoms with Gasteiger partial charge in [-0.15, -0.1) is 11.3 Å². The third-order valence-corrected chi connectivity index (χ3v) is 4.83. The average molecular weight is 361 g/mol. The molecule has 0 aliphatic heterocycles. The summed E-state index contributed by atoms with van der Waals surface area (Å²) in [4.78, 5) is 10.0. The van der Waals surface area contributed by atoms with Gasteiger partial charge in [0, 0.05) is 21.0 Å². The molecular weight excluding hydrogens is 348 g/mol. The van der Waals surface area contributed by atoms with Crippen LogP contribution in [0.2, 0.25) is 0 Å². The molecule has 2 aromatic heterocycles. The lowest BCUT2D eigenvalue weighted by Gasteiger charge is -2.08. The minimum atomic E-state index is 0.455. The maximum absolute atomic E-state index is 5.88. The van der Waals surface area contributed by atoms with Crippen molar-refractivity contribution < 1.29 is 0 Å². The highest BCUT2D eigenvalue weighted by molar-refractivity contribution is 9.10. The maximum Gasteiger partial charge on any atom is 0.163 e. The van der Waals surface area contributed by atoms with Crippen LogP contribution in [-0.2, 0) is 6.54 Å². The highest BCUT2D eigenvalue weighted by atomic mass is 79.9. The summed E-state index contributed by atoms with van der Waals surface area (Å²) in [6.45, 7) is 0.697. The van der Waals surface area contributed by atoms with E-state index in [-0.39, 0.29) is 0 Å². The summed E-state index contributed by atoms with van der Waals surface area (Å²) in [6, 6.07) is 13.6. The van der Waals surface area contributed by atoms with Gasteiger partial charge in [-0.2, -0.15) is 0 Å². The number of anilines is 2. The van der Waals surface area contributed by atoms with Gasteiger partial charge in [-0.1, -0.05) is 30.3 Å². The summed E-state index contributed by atoms with van der Waals surface area (Å²) in [5.74, 6) is 1.81. The van der Waals surface area contributed by atoms with E-state index < -0.39 is 0 Å². The lowest BCUT2D eigenvalue weighted by molar-refractivity contribution is 1.10. The fraction of sp³-hybridized carbons (Fsp3) is 0.0667. The lowest BCUT2D eigenvalue weighted by atomic mass is 10.2. The van der Waals surface area contributed by atoms with Crippen molar-refractivity contribution in [2.75, 3.05) is 11.1 Å². The summed E-state index contributed by atoms with van der Waals surface area (Å²) >= 11 is 5.21.